The molecule has 0 radical (unpaired) electrons. The maximum Gasteiger partial charge on any atom is 0.258 e. The molecule has 6 nitrogen and oxygen atoms in total. The number of hydrogen-bond acceptors (Lipinski definition) is 5. The SMILES string of the molecule is C=CCNC(=O)COc1cccc(-c2noc(-c3ccc(Cl)cc3)n2)c1. The number of benzene rings is 2. The van der Waals surface area contributed by atoms with Crippen LogP contribution in [0.5, 0.6) is 5.75 Å². The van der Waals surface area contributed by atoms with Crippen molar-refractivity contribution in [2.75, 3.05) is 13.2 Å². The van der Waals surface area contributed by atoms with Crippen LogP contribution in [-0.4, -0.2) is 29.2 Å². The van der Waals surface area contributed by atoms with Crippen LogP contribution in [0.15, 0.2) is 65.7 Å². The van der Waals surface area contributed by atoms with Gasteiger partial charge in [-0.05, 0) is 36.4 Å². The van der Waals surface area contributed by atoms with Gasteiger partial charge in [-0.25, -0.2) is 0 Å². The van der Waals surface area contributed by atoms with Crippen molar-refractivity contribution in [2.45, 2.75) is 0 Å². The van der Waals surface area contributed by atoms with Gasteiger partial charge in [0.15, 0.2) is 6.61 Å². The highest BCUT2D eigenvalue weighted by Crippen LogP contribution is 2.25. The summed E-state index contributed by atoms with van der Waals surface area (Å²) in [7, 11) is 0. The van der Waals surface area contributed by atoms with Crippen LogP contribution in [0.4, 0.5) is 0 Å². The molecule has 0 saturated heterocycles. The molecule has 0 spiro atoms. The fraction of sp³-hybridized carbons (Fsp3) is 0.105. The predicted octanol–water partition coefficient (Wildman–Crippen LogP) is 3.74. The standard InChI is InChI=1S/C19H16ClN3O3/c1-2-10-21-17(24)12-25-16-5-3-4-14(11-16)18-22-19(26-23-18)13-6-8-15(20)9-7-13/h2-9,11H,1,10,12H2,(H,21,24). The molecule has 2 aromatic carbocycles. The van der Waals surface area contributed by atoms with Crippen molar-refractivity contribution in [3.05, 3.63) is 66.2 Å². The van der Waals surface area contributed by atoms with Crippen LogP contribution < -0.4 is 10.1 Å². The Bertz CT molecular complexity index is 906. The number of aromatic nitrogens is 2. The highest BCUT2D eigenvalue weighted by atomic mass is 35.5. The first kappa shape index (κ1) is 17.7. The highest BCUT2D eigenvalue weighted by Gasteiger charge is 2.11. The molecular formula is C19H16ClN3O3. The summed E-state index contributed by atoms with van der Waals surface area (Å²) in [6.07, 6.45) is 1.60. The van der Waals surface area contributed by atoms with Crippen molar-refractivity contribution in [3.63, 3.8) is 0 Å². The number of nitrogens with zero attached hydrogens (tertiary/aromatic N) is 2. The summed E-state index contributed by atoms with van der Waals surface area (Å²) in [5.74, 6) is 1.14. The summed E-state index contributed by atoms with van der Waals surface area (Å²) in [6, 6.07) is 14.3. The number of carbonyl (C=O) groups excluding carboxylic acids is 1. The molecule has 1 heterocycles. The zero-order chi connectivity index (χ0) is 18.4. The molecule has 1 aromatic heterocycles. The van der Waals surface area contributed by atoms with Gasteiger partial charge in [-0.2, -0.15) is 4.98 Å². The van der Waals surface area contributed by atoms with Crippen molar-refractivity contribution >= 4 is 17.5 Å². The minimum atomic E-state index is -0.222. The average molecular weight is 370 g/mol. The number of hydrogen-bond donors (Lipinski definition) is 1. The molecule has 0 fully saturated rings. The van der Waals surface area contributed by atoms with Crippen molar-refractivity contribution < 1.29 is 14.1 Å². The Kier molecular flexibility index (Phi) is 5.66. The summed E-state index contributed by atoms with van der Waals surface area (Å²) in [6.45, 7) is 3.86. The van der Waals surface area contributed by atoms with Crippen LogP contribution in [0.1, 0.15) is 0 Å². The van der Waals surface area contributed by atoms with Crippen LogP contribution in [0, 0.1) is 0 Å². The number of carbonyl (C=O) groups is 1. The number of rotatable bonds is 7. The molecule has 132 valence electrons. The van der Waals surface area contributed by atoms with Gasteiger partial charge < -0.3 is 14.6 Å². The molecule has 1 amide bonds. The normalized spacial score (nSPS) is 10.3. The van der Waals surface area contributed by atoms with Gasteiger partial charge in [0.1, 0.15) is 5.75 Å². The molecule has 26 heavy (non-hydrogen) atoms. The number of nitrogens with one attached hydrogen (secondary N) is 1. The van der Waals surface area contributed by atoms with Crippen LogP contribution >= 0.6 is 11.6 Å². The summed E-state index contributed by atoms with van der Waals surface area (Å²) in [4.78, 5) is 16.0. The van der Waals surface area contributed by atoms with Gasteiger partial charge in [0.25, 0.3) is 11.8 Å². The fourth-order valence-electron chi connectivity index (χ4n) is 2.16. The molecular weight excluding hydrogens is 354 g/mol. The first-order chi connectivity index (χ1) is 12.7. The molecule has 3 rings (SSSR count). The molecule has 0 unspecified atom stereocenters. The first-order valence-electron chi connectivity index (χ1n) is 7.86. The van der Waals surface area contributed by atoms with E-state index in [1.54, 1.807) is 48.5 Å². The molecule has 0 aliphatic rings. The third-order valence-corrected chi connectivity index (χ3v) is 3.67. The van der Waals surface area contributed by atoms with Gasteiger partial charge in [0.05, 0.1) is 0 Å². The number of halogens is 1. The highest BCUT2D eigenvalue weighted by molar-refractivity contribution is 6.30. The van der Waals surface area contributed by atoms with Gasteiger partial charge in [-0.3, -0.25) is 4.79 Å². The van der Waals surface area contributed by atoms with Crippen molar-refractivity contribution in [1.29, 1.82) is 0 Å². The maximum atomic E-state index is 11.6. The van der Waals surface area contributed by atoms with Crippen LogP contribution in [0.25, 0.3) is 22.8 Å². The summed E-state index contributed by atoms with van der Waals surface area (Å²) < 4.78 is 10.8. The molecule has 0 atom stereocenters. The molecule has 0 aliphatic carbocycles. The van der Waals surface area contributed by atoms with Gasteiger partial charge >= 0.3 is 0 Å². The topological polar surface area (TPSA) is 77.2 Å². The van der Waals surface area contributed by atoms with E-state index in [-0.39, 0.29) is 12.5 Å². The third kappa shape index (κ3) is 4.49. The molecule has 1 N–H and O–H groups in total. The second-order valence-electron chi connectivity index (χ2n) is 5.34. The van der Waals surface area contributed by atoms with E-state index in [9.17, 15) is 4.79 Å². The van der Waals surface area contributed by atoms with E-state index < -0.39 is 0 Å². The van der Waals surface area contributed by atoms with Gasteiger partial charge in [-0.15, -0.1) is 6.58 Å². The summed E-state index contributed by atoms with van der Waals surface area (Å²) in [5.41, 5.74) is 1.50. The quantitative estimate of drug-likeness (QED) is 0.642. The lowest BCUT2D eigenvalue weighted by Crippen LogP contribution is -2.28. The minimum absolute atomic E-state index is 0.0838. The van der Waals surface area contributed by atoms with Crippen molar-refractivity contribution in [2.24, 2.45) is 0 Å². The van der Waals surface area contributed by atoms with Crippen LogP contribution in [-0.2, 0) is 4.79 Å². The zero-order valence-electron chi connectivity index (χ0n) is 13.8. The van der Waals surface area contributed by atoms with E-state index in [1.165, 1.54) is 0 Å². The second-order valence-corrected chi connectivity index (χ2v) is 5.78. The molecule has 0 bridgehead atoms. The Morgan fingerprint density at radius 1 is 1.23 bits per heavy atom. The lowest BCUT2D eigenvalue weighted by Gasteiger charge is -2.06. The van der Waals surface area contributed by atoms with E-state index >= 15 is 0 Å². The third-order valence-electron chi connectivity index (χ3n) is 3.42. The van der Waals surface area contributed by atoms with E-state index in [0.717, 1.165) is 11.1 Å². The molecule has 0 saturated carbocycles. The number of amides is 1. The fourth-order valence-corrected chi connectivity index (χ4v) is 2.29. The Hall–Kier alpha value is -3.12. The van der Waals surface area contributed by atoms with Crippen molar-refractivity contribution in [1.82, 2.24) is 15.5 Å². The Balaban J connectivity index is 1.71. The van der Waals surface area contributed by atoms with E-state index in [4.69, 9.17) is 20.9 Å². The molecule has 3 aromatic rings. The lowest BCUT2D eigenvalue weighted by atomic mass is 10.2. The van der Waals surface area contributed by atoms with Crippen molar-refractivity contribution in [3.8, 4) is 28.6 Å². The van der Waals surface area contributed by atoms with Crippen LogP contribution in [0.3, 0.4) is 0 Å². The minimum Gasteiger partial charge on any atom is -0.484 e. The summed E-state index contributed by atoms with van der Waals surface area (Å²) >= 11 is 5.88. The van der Waals surface area contributed by atoms with E-state index in [0.29, 0.717) is 29.0 Å². The van der Waals surface area contributed by atoms with Gasteiger partial charge in [-0.1, -0.05) is 35.0 Å². The van der Waals surface area contributed by atoms with Crippen LogP contribution in [0.2, 0.25) is 5.02 Å². The van der Waals surface area contributed by atoms with E-state index in [1.807, 2.05) is 6.07 Å². The zero-order valence-corrected chi connectivity index (χ0v) is 14.6. The Morgan fingerprint density at radius 3 is 2.81 bits per heavy atom. The summed E-state index contributed by atoms with van der Waals surface area (Å²) in [5, 5.41) is 7.28. The molecule has 0 aliphatic heterocycles. The smallest absolute Gasteiger partial charge is 0.258 e. The largest absolute Gasteiger partial charge is 0.484 e. The Labute approximate surface area is 155 Å². The maximum absolute atomic E-state index is 11.6. The second kappa shape index (κ2) is 8.31. The number of ether oxygens (including phenoxy) is 1. The van der Waals surface area contributed by atoms with E-state index in [2.05, 4.69) is 22.0 Å². The van der Waals surface area contributed by atoms with Gasteiger partial charge in [0, 0.05) is 22.7 Å². The average Bonchev–Trinajstić information content (AvgIpc) is 3.16. The van der Waals surface area contributed by atoms with Gasteiger partial charge in [0.2, 0.25) is 5.82 Å². The first-order valence-corrected chi connectivity index (χ1v) is 8.24. The lowest BCUT2D eigenvalue weighted by molar-refractivity contribution is -0.122. The monoisotopic (exact) mass is 369 g/mol. The predicted molar refractivity (Wildman–Crippen MR) is 98.9 cm³/mol. The molecule has 7 heteroatoms. The Morgan fingerprint density at radius 2 is 2.04 bits per heavy atom.